The Bertz CT molecular complexity index is 772. The summed E-state index contributed by atoms with van der Waals surface area (Å²) in [5.41, 5.74) is 10.2. The van der Waals surface area contributed by atoms with E-state index in [1.807, 2.05) is 10.3 Å². The van der Waals surface area contributed by atoms with Crippen LogP contribution in [-0.2, 0) is 0 Å². The van der Waals surface area contributed by atoms with Crippen LogP contribution in [0.5, 0.6) is 0 Å². The Morgan fingerprint density at radius 1 is 1.36 bits per heavy atom. The highest BCUT2D eigenvalue weighted by molar-refractivity contribution is 7.13. The van der Waals surface area contributed by atoms with Crippen LogP contribution in [0.2, 0.25) is 0 Å². The first kappa shape index (κ1) is 19.9. The molecule has 1 aliphatic rings. The molecule has 1 unspecified atom stereocenters. The van der Waals surface area contributed by atoms with E-state index in [0.717, 1.165) is 17.0 Å². The Hall–Kier alpha value is -1.43. The van der Waals surface area contributed by atoms with Gasteiger partial charge in [0.2, 0.25) is 0 Å². The second-order valence-electron chi connectivity index (χ2n) is 7.47. The smallest absolute Gasteiger partial charge is 0.273 e. The molecule has 136 valence electrons. The summed E-state index contributed by atoms with van der Waals surface area (Å²) in [6.07, 6.45) is 0.840. The fraction of sp³-hybridized carbons (Fsp3) is 0.474. The quantitative estimate of drug-likeness (QED) is 0.856. The summed E-state index contributed by atoms with van der Waals surface area (Å²) >= 11 is 1.53. The van der Waals surface area contributed by atoms with Crippen molar-refractivity contribution in [2.75, 3.05) is 13.1 Å². The topological polar surface area (TPSA) is 59.2 Å². The van der Waals surface area contributed by atoms with Crippen LogP contribution in [0.15, 0.2) is 23.6 Å². The number of amides is 1. The molecule has 0 saturated carbocycles. The van der Waals surface area contributed by atoms with Gasteiger partial charge in [-0.05, 0) is 31.2 Å². The minimum atomic E-state index is -0.0553. The molecule has 2 heterocycles. The number of aromatic nitrogens is 1. The van der Waals surface area contributed by atoms with Crippen LogP contribution >= 0.6 is 23.7 Å². The molecule has 1 aromatic carbocycles. The number of nitrogens with two attached hydrogens (primary N) is 1. The van der Waals surface area contributed by atoms with Crippen LogP contribution in [0, 0.1) is 19.3 Å². The van der Waals surface area contributed by atoms with Crippen LogP contribution in [0.25, 0.3) is 10.6 Å². The molecule has 2 N–H and O–H groups in total. The van der Waals surface area contributed by atoms with Crippen molar-refractivity contribution in [3.05, 3.63) is 40.4 Å². The lowest BCUT2D eigenvalue weighted by Crippen LogP contribution is -2.54. The number of carbonyl (C=O) groups is 1. The summed E-state index contributed by atoms with van der Waals surface area (Å²) in [7, 11) is 0. The Labute approximate surface area is 159 Å². The normalized spacial score (nSPS) is 19.4. The van der Waals surface area contributed by atoms with E-state index in [1.165, 1.54) is 22.5 Å². The molecule has 3 rings (SSSR count). The molecule has 2 aromatic rings. The van der Waals surface area contributed by atoms with Crippen molar-refractivity contribution in [2.45, 2.75) is 40.2 Å². The first-order valence-electron chi connectivity index (χ1n) is 8.36. The van der Waals surface area contributed by atoms with Crippen LogP contribution in [0.3, 0.4) is 0 Å². The minimum Gasteiger partial charge on any atom is -0.337 e. The predicted molar refractivity (Wildman–Crippen MR) is 107 cm³/mol. The lowest BCUT2D eigenvalue weighted by molar-refractivity contribution is 0.0528. The molecule has 0 radical (unpaired) electrons. The van der Waals surface area contributed by atoms with Crippen molar-refractivity contribution in [1.82, 2.24) is 9.88 Å². The Morgan fingerprint density at radius 3 is 2.72 bits per heavy atom. The number of hydrogen-bond acceptors (Lipinski definition) is 4. The number of thiazole rings is 1. The van der Waals surface area contributed by atoms with Gasteiger partial charge in [0.05, 0.1) is 0 Å². The number of likely N-dealkylation sites (tertiary alicyclic amines) is 1. The Balaban J connectivity index is 0.00000225. The standard InChI is InChI=1S/C19H25N3OS.ClH/c1-12-5-6-14(13(2)9-12)17-21-15(10-24-17)18(23)22-8-7-16(20)19(3,4)11-22;/h5-6,9-10,16H,7-8,11,20H2,1-4H3;1H. The molecule has 25 heavy (non-hydrogen) atoms. The van der Waals surface area contributed by atoms with Crippen LogP contribution in [-0.4, -0.2) is 34.9 Å². The molecular formula is C19H26ClN3OS. The van der Waals surface area contributed by atoms with E-state index < -0.39 is 0 Å². The third-order valence-corrected chi connectivity index (χ3v) is 5.81. The number of benzene rings is 1. The Kier molecular flexibility index (Phi) is 5.92. The maximum atomic E-state index is 12.8. The second-order valence-corrected chi connectivity index (χ2v) is 8.32. The fourth-order valence-electron chi connectivity index (χ4n) is 3.26. The number of nitrogens with zero attached hydrogens (tertiary/aromatic N) is 2. The second kappa shape index (κ2) is 7.44. The van der Waals surface area contributed by atoms with Gasteiger partial charge in [-0.2, -0.15) is 0 Å². The van der Waals surface area contributed by atoms with Crippen molar-refractivity contribution in [2.24, 2.45) is 11.1 Å². The zero-order valence-electron chi connectivity index (χ0n) is 15.2. The van der Waals surface area contributed by atoms with Crippen molar-refractivity contribution < 1.29 is 4.79 Å². The van der Waals surface area contributed by atoms with E-state index in [0.29, 0.717) is 18.8 Å². The molecular weight excluding hydrogens is 354 g/mol. The summed E-state index contributed by atoms with van der Waals surface area (Å²) < 4.78 is 0. The predicted octanol–water partition coefficient (Wildman–Crippen LogP) is 4.05. The van der Waals surface area contributed by atoms with E-state index in [4.69, 9.17) is 5.73 Å². The van der Waals surface area contributed by atoms with Gasteiger partial charge in [0.1, 0.15) is 10.7 Å². The minimum absolute atomic E-state index is 0. The monoisotopic (exact) mass is 379 g/mol. The maximum absolute atomic E-state index is 12.8. The first-order chi connectivity index (χ1) is 11.3. The number of aryl methyl sites for hydroxylation is 2. The molecule has 0 spiro atoms. The summed E-state index contributed by atoms with van der Waals surface area (Å²) in [5.74, 6) is 0.0160. The zero-order valence-corrected chi connectivity index (χ0v) is 16.8. The third-order valence-electron chi connectivity index (χ3n) is 4.93. The lowest BCUT2D eigenvalue weighted by atomic mass is 9.79. The molecule has 1 atom stereocenters. The van der Waals surface area contributed by atoms with Crippen LogP contribution in [0.4, 0.5) is 0 Å². The molecule has 0 aliphatic carbocycles. The highest BCUT2D eigenvalue weighted by Gasteiger charge is 2.36. The average molecular weight is 380 g/mol. The first-order valence-corrected chi connectivity index (χ1v) is 9.24. The number of rotatable bonds is 2. The highest BCUT2D eigenvalue weighted by Crippen LogP contribution is 2.31. The van der Waals surface area contributed by atoms with E-state index in [1.54, 1.807) is 0 Å². The van der Waals surface area contributed by atoms with Crippen molar-refractivity contribution >= 4 is 29.7 Å². The van der Waals surface area contributed by atoms with Crippen LogP contribution < -0.4 is 5.73 Å². The van der Waals surface area contributed by atoms with Gasteiger partial charge in [-0.15, -0.1) is 23.7 Å². The van der Waals surface area contributed by atoms with E-state index >= 15 is 0 Å². The number of halogens is 1. The fourth-order valence-corrected chi connectivity index (χ4v) is 4.14. The number of hydrogen-bond donors (Lipinski definition) is 1. The molecule has 1 aliphatic heterocycles. The van der Waals surface area contributed by atoms with Gasteiger partial charge in [-0.1, -0.05) is 37.6 Å². The lowest BCUT2D eigenvalue weighted by Gasteiger charge is -2.42. The van der Waals surface area contributed by atoms with E-state index in [2.05, 4.69) is 50.9 Å². The van der Waals surface area contributed by atoms with Crippen molar-refractivity contribution in [3.63, 3.8) is 0 Å². The average Bonchev–Trinajstić information content (AvgIpc) is 2.98. The zero-order chi connectivity index (χ0) is 17.5. The van der Waals surface area contributed by atoms with Gasteiger partial charge < -0.3 is 10.6 Å². The highest BCUT2D eigenvalue weighted by atomic mass is 35.5. The van der Waals surface area contributed by atoms with Gasteiger partial charge in [0.15, 0.2) is 0 Å². The number of carbonyl (C=O) groups excluding carboxylic acids is 1. The van der Waals surface area contributed by atoms with Gasteiger partial charge >= 0.3 is 0 Å². The van der Waals surface area contributed by atoms with Crippen LogP contribution in [0.1, 0.15) is 41.9 Å². The third kappa shape index (κ3) is 4.05. The van der Waals surface area contributed by atoms with Crippen molar-refractivity contribution in [1.29, 1.82) is 0 Å². The van der Waals surface area contributed by atoms with E-state index in [9.17, 15) is 4.79 Å². The van der Waals surface area contributed by atoms with Gasteiger partial charge in [0.25, 0.3) is 5.91 Å². The molecule has 1 amide bonds. The molecule has 1 fully saturated rings. The largest absolute Gasteiger partial charge is 0.337 e. The molecule has 0 bridgehead atoms. The summed E-state index contributed by atoms with van der Waals surface area (Å²) in [6, 6.07) is 6.45. The van der Waals surface area contributed by atoms with Gasteiger partial charge in [-0.25, -0.2) is 4.98 Å². The molecule has 1 saturated heterocycles. The molecule has 4 nitrogen and oxygen atoms in total. The number of piperidine rings is 1. The molecule has 1 aromatic heterocycles. The Morgan fingerprint density at radius 2 is 2.08 bits per heavy atom. The van der Waals surface area contributed by atoms with E-state index in [-0.39, 0.29) is 29.8 Å². The van der Waals surface area contributed by atoms with Gasteiger partial charge in [0, 0.05) is 30.1 Å². The summed E-state index contributed by atoms with van der Waals surface area (Å²) in [6.45, 7) is 9.80. The maximum Gasteiger partial charge on any atom is 0.273 e. The van der Waals surface area contributed by atoms with Gasteiger partial charge in [-0.3, -0.25) is 4.79 Å². The SMILES string of the molecule is Cc1ccc(-c2nc(C(=O)N3CCC(N)C(C)(C)C3)cs2)c(C)c1.Cl. The molecule has 6 heteroatoms. The summed E-state index contributed by atoms with van der Waals surface area (Å²) in [4.78, 5) is 19.3. The van der Waals surface area contributed by atoms with Crippen molar-refractivity contribution in [3.8, 4) is 10.6 Å². The summed E-state index contributed by atoms with van der Waals surface area (Å²) in [5, 5.41) is 2.78.